The summed E-state index contributed by atoms with van der Waals surface area (Å²) < 4.78 is 13.0. The second kappa shape index (κ2) is 8.60. The lowest BCUT2D eigenvalue weighted by Crippen LogP contribution is -2.26. The molecule has 0 bridgehead atoms. The van der Waals surface area contributed by atoms with Gasteiger partial charge in [-0.1, -0.05) is 30.3 Å². The Balaban J connectivity index is 1.59. The maximum absolute atomic E-state index is 13.0. The minimum absolute atomic E-state index is 0.214. The Hall–Kier alpha value is -2.70. The third kappa shape index (κ3) is 4.91. The predicted molar refractivity (Wildman–Crippen MR) is 99.1 cm³/mol. The third-order valence-corrected chi connectivity index (χ3v) is 4.44. The van der Waals surface area contributed by atoms with E-state index >= 15 is 0 Å². The highest BCUT2D eigenvalue weighted by molar-refractivity contribution is 5.91. The van der Waals surface area contributed by atoms with Crippen LogP contribution in [0.4, 0.5) is 10.1 Å². The van der Waals surface area contributed by atoms with Crippen LogP contribution in [0.2, 0.25) is 0 Å². The minimum atomic E-state index is -0.564. The average molecular weight is 355 g/mol. The van der Waals surface area contributed by atoms with Crippen LogP contribution in [0.15, 0.2) is 54.6 Å². The number of carbonyl (C=O) groups is 1. The van der Waals surface area contributed by atoms with Crippen LogP contribution in [-0.4, -0.2) is 35.1 Å². The maximum atomic E-state index is 13.0. The van der Waals surface area contributed by atoms with E-state index in [1.807, 2.05) is 36.4 Å². The van der Waals surface area contributed by atoms with Crippen LogP contribution >= 0.6 is 0 Å². The van der Waals surface area contributed by atoms with E-state index in [-0.39, 0.29) is 5.82 Å². The molecule has 1 aliphatic rings. The van der Waals surface area contributed by atoms with Crippen molar-refractivity contribution in [3.05, 3.63) is 71.6 Å². The van der Waals surface area contributed by atoms with E-state index in [2.05, 4.69) is 10.2 Å². The summed E-state index contributed by atoms with van der Waals surface area (Å²) in [6, 6.07) is 14.7. The number of halogens is 1. The Morgan fingerprint density at radius 3 is 2.77 bits per heavy atom. The number of nitrogens with zero attached hydrogens (tertiary/aromatic N) is 1. The number of para-hydroxylation sites is 1. The molecule has 1 atom stereocenters. The number of hydroxylamine groups is 1. The standard InChI is InChI=1S/C20H22FN3O2/c21-17-8-5-15(6-9-17)13-24-12-11-18(14-24)22-19-4-2-1-3-16(19)7-10-20(25)23-26/h1-10,18,22,26H,11-14H2,(H,23,25)/b10-7+. The predicted octanol–water partition coefficient (Wildman–Crippen LogP) is 3.03. The summed E-state index contributed by atoms with van der Waals surface area (Å²) in [5.74, 6) is -0.777. The summed E-state index contributed by atoms with van der Waals surface area (Å²) >= 11 is 0. The fourth-order valence-corrected chi connectivity index (χ4v) is 3.14. The van der Waals surface area contributed by atoms with Gasteiger partial charge >= 0.3 is 0 Å². The van der Waals surface area contributed by atoms with E-state index in [4.69, 9.17) is 5.21 Å². The van der Waals surface area contributed by atoms with E-state index in [0.29, 0.717) is 6.04 Å². The molecule has 2 aromatic rings. The van der Waals surface area contributed by atoms with Crippen molar-refractivity contribution in [3.63, 3.8) is 0 Å². The second-order valence-electron chi connectivity index (χ2n) is 6.39. The number of anilines is 1. The number of amides is 1. The number of likely N-dealkylation sites (tertiary alicyclic amines) is 1. The molecule has 0 saturated carbocycles. The van der Waals surface area contributed by atoms with Crippen molar-refractivity contribution >= 4 is 17.7 Å². The molecule has 1 fully saturated rings. The fourth-order valence-electron chi connectivity index (χ4n) is 3.14. The van der Waals surface area contributed by atoms with E-state index in [0.717, 1.165) is 42.9 Å². The first kappa shape index (κ1) is 18.1. The van der Waals surface area contributed by atoms with Gasteiger partial charge in [-0.2, -0.15) is 0 Å². The topological polar surface area (TPSA) is 64.6 Å². The van der Waals surface area contributed by atoms with Crippen LogP contribution in [0.25, 0.3) is 6.08 Å². The highest BCUT2D eigenvalue weighted by atomic mass is 19.1. The Labute approximate surface area is 152 Å². The van der Waals surface area contributed by atoms with Crippen molar-refractivity contribution in [2.75, 3.05) is 18.4 Å². The van der Waals surface area contributed by atoms with Gasteiger partial charge in [-0.05, 0) is 41.8 Å². The first-order valence-corrected chi connectivity index (χ1v) is 8.58. The largest absolute Gasteiger partial charge is 0.380 e. The smallest absolute Gasteiger partial charge is 0.267 e. The summed E-state index contributed by atoms with van der Waals surface area (Å²) in [7, 11) is 0. The fraction of sp³-hybridized carbons (Fsp3) is 0.250. The van der Waals surface area contributed by atoms with Crippen LogP contribution in [0.3, 0.4) is 0 Å². The molecule has 1 aliphatic heterocycles. The zero-order valence-electron chi connectivity index (χ0n) is 14.4. The van der Waals surface area contributed by atoms with Crippen molar-refractivity contribution in [1.82, 2.24) is 10.4 Å². The van der Waals surface area contributed by atoms with Crippen LogP contribution < -0.4 is 10.8 Å². The first-order chi connectivity index (χ1) is 12.6. The summed E-state index contributed by atoms with van der Waals surface area (Å²) in [6.07, 6.45) is 3.96. The molecule has 1 saturated heterocycles. The first-order valence-electron chi connectivity index (χ1n) is 8.58. The lowest BCUT2D eigenvalue weighted by atomic mass is 10.1. The van der Waals surface area contributed by atoms with Crippen LogP contribution in [-0.2, 0) is 11.3 Å². The SMILES string of the molecule is O=C(/C=C/c1ccccc1NC1CCN(Cc2ccc(F)cc2)C1)NO. The molecule has 2 aromatic carbocycles. The molecular weight excluding hydrogens is 333 g/mol. The van der Waals surface area contributed by atoms with Gasteiger partial charge in [0.1, 0.15) is 5.82 Å². The third-order valence-electron chi connectivity index (χ3n) is 4.44. The number of benzene rings is 2. The lowest BCUT2D eigenvalue weighted by Gasteiger charge is -2.18. The van der Waals surface area contributed by atoms with Crippen molar-refractivity contribution in [2.24, 2.45) is 0 Å². The van der Waals surface area contributed by atoms with Crippen molar-refractivity contribution in [1.29, 1.82) is 0 Å². The quantitative estimate of drug-likeness (QED) is 0.423. The monoisotopic (exact) mass is 355 g/mol. The molecule has 3 N–H and O–H groups in total. The number of hydrogen-bond donors (Lipinski definition) is 3. The molecule has 136 valence electrons. The molecule has 1 unspecified atom stereocenters. The Bertz CT molecular complexity index is 777. The van der Waals surface area contributed by atoms with Crippen molar-refractivity contribution in [3.8, 4) is 0 Å². The molecule has 0 spiro atoms. The molecule has 5 nitrogen and oxygen atoms in total. The normalized spacial score (nSPS) is 17.5. The number of nitrogens with one attached hydrogen (secondary N) is 2. The van der Waals surface area contributed by atoms with Gasteiger partial charge in [0.15, 0.2) is 0 Å². The second-order valence-corrected chi connectivity index (χ2v) is 6.39. The number of rotatable bonds is 6. The van der Waals surface area contributed by atoms with Gasteiger partial charge in [0, 0.05) is 37.4 Å². The zero-order chi connectivity index (χ0) is 18.4. The van der Waals surface area contributed by atoms with Gasteiger partial charge in [-0.25, -0.2) is 9.87 Å². The van der Waals surface area contributed by atoms with E-state index in [9.17, 15) is 9.18 Å². The Morgan fingerprint density at radius 1 is 1.23 bits per heavy atom. The van der Waals surface area contributed by atoms with Crippen LogP contribution in [0.1, 0.15) is 17.5 Å². The van der Waals surface area contributed by atoms with Crippen LogP contribution in [0.5, 0.6) is 0 Å². The molecule has 6 heteroatoms. The van der Waals surface area contributed by atoms with Gasteiger partial charge in [-0.15, -0.1) is 0 Å². The summed E-state index contributed by atoms with van der Waals surface area (Å²) in [4.78, 5) is 13.5. The van der Waals surface area contributed by atoms with Gasteiger partial charge in [0.25, 0.3) is 5.91 Å². The summed E-state index contributed by atoms with van der Waals surface area (Å²) in [5.41, 5.74) is 4.52. The Kier molecular flexibility index (Phi) is 5.99. The van der Waals surface area contributed by atoms with Crippen LogP contribution in [0, 0.1) is 5.82 Å². The van der Waals surface area contributed by atoms with E-state index in [1.165, 1.54) is 18.2 Å². The van der Waals surface area contributed by atoms with Gasteiger partial charge in [-0.3, -0.25) is 14.9 Å². The molecule has 1 amide bonds. The maximum Gasteiger partial charge on any atom is 0.267 e. The molecule has 26 heavy (non-hydrogen) atoms. The van der Waals surface area contributed by atoms with Gasteiger partial charge in [0.2, 0.25) is 0 Å². The summed E-state index contributed by atoms with van der Waals surface area (Å²) in [6.45, 7) is 2.67. The highest BCUT2D eigenvalue weighted by Gasteiger charge is 2.22. The van der Waals surface area contributed by atoms with E-state index in [1.54, 1.807) is 11.6 Å². The zero-order valence-corrected chi connectivity index (χ0v) is 14.4. The molecular formula is C20H22FN3O2. The number of carbonyl (C=O) groups excluding carboxylic acids is 1. The minimum Gasteiger partial charge on any atom is -0.380 e. The highest BCUT2D eigenvalue weighted by Crippen LogP contribution is 2.22. The van der Waals surface area contributed by atoms with Gasteiger partial charge < -0.3 is 5.32 Å². The molecule has 0 radical (unpaired) electrons. The van der Waals surface area contributed by atoms with Crippen molar-refractivity contribution < 1.29 is 14.4 Å². The molecule has 0 aliphatic carbocycles. The Morgan fingerprint density at radius 2 is 2.00 bits per heavy atom. The van der Waals surface area contributed by atoms with Gasteiger partial charge in [0.05, 0.1) is 0 Å². The average Bonchev–Trinajstić information content (AvgIpc) is 3.09. The number of hydrogen-bond acceptors (Lipinski definition) is 4. The van der Waals surface area contributed by atoms with E-state index < -0.39 is 5.91 Å². The molecule has 0 aromatic heterocycles. The lowest BCUT2D eigenvalue weighted by molar-refractivity contribution is -0.124. The molecule has 1 heterocycles. The molecule has 3 rings (SSSR count). The van der Waals surface area contributed by atoms with Crippen molar-refractivity contribution in [2.45, 2.75) is 19.0 Å². The summed E-state index contributed by atoms with van der Waals surface area (Å²) in [5, 5.41) is 12.1.